The molecule has 2 heterocycles. The Kier molecular flexibility index (Phi) is 3.62. The largest absolute Gasteiger partial charge is 0.394 e. The van der Waals surface area contributed by atoms with Gasteiger partial charge >= 0.3 is 5.69 Å². The number of nitrogens with one attached hydrogen (secondary N) is 1. The summed E-state index contributed by atoms with van der Waals surface area (Å²) in [6, 6.07) is 0. The molecule has 0 saturated carbocycles. The van der Waals surface area contributed by atoms with E-state index in [1.54, 1.807) is 6.92 Å². The first-order chi connectivity index (χ1) is 8.45. The number of rotatable bonds is 2. The molecule has 0 aliphatic carbocycles. The Labute approximate surface area is 107 Å². The molecule has 6 nitrogen and oxygen atoms in total. The van der Waals surface area contributed by atoms with E-state index >= 15 is 0 Å². The normalized spacial score (nSPS) is 31.8. The number of aliphatic hydroxyl groups excluding tert-OH is 2. The molecule has 2 rings (SSSR count). The minimum Gasteiger partial charge on any atom is -0.394 e. The molecule has 0 aromatic carbocycles. The second-order valence-corrected chi connectivity index (χ2v) is 4.65. The van der Waals surface area contributed by atoms with Gasteiger partial charge in [0.1, 0.15) is 17.0 Å². The summed E-state index contributed by atoms with van der Waals surface area (Å²) in [5, 5.41) is 18.8. The third-order valence-corrected chi connectivity index (χ3v) is 3.36. The van der Waals surface area contributed by atoms with Crippen LogP contribution in [0.25, 0.3) is 0 Å². The van der Waals surface area contributed by atoms with Gasteiger partial charge in [-0.3, -0.25) is 9.55 Å². The van der Waals surface area contributed by atoms with Gasteiger partial charge in [-0.05, 0) is 0 Å². The molecule has 18 heavy (non-hydrogen) atoms. The maximum atomic E-state index is 13.4. The van der Waals surface area contributed by atoms with Gasteiger partial charge in [0.25, 0.3) is 0 Å². The van der Waals surface area contributed by atoms with Crippen LogP contribution in [-0.2, 0) is 4.74 Å². The number of ether oxygens (including phenoxy) is 1. The predicted molar refractivity (Wildman–Crippen MR) is 62.0 cm³/mol. The predicted octanol–water partition coefficient (Wildman–Crippen LogP) is -0.0683. The molecule has 100 valence electrons. The minimum absolute atomic E-state index is 0.277. The fourth-order valence-electron chi connectivity index (χ4n) is 2.01. The second-order valence-electron chi connectivity index (χ2n) is 4.24. The third-order valence-electron chi connectivity index (χ3n) is 3.06. The number of hydrogen-bond acceptors (Lipinski definition) is 5. The summed E-state index contributed by atoms with van der Waals surface area (Å²) in [5.74, 6) is -1.20. The van der Waals surface area contributed by atoms with Crippen molar-refractivity contribution >= 4 is 12.2 Å². The summed E-state index contributed by atoms with van der Waals surface area (Å²) in [5.41, 5.74) is -0.621. The van der Waals surface area contributed by atoms with Crippen LogP contribution in [0.4, 0.5) is 4.39 Å². The highest BCUT2D eigenvalue weighted by Gasteiger charge is 2.41. The quantitative estimate of drug-likeness (QED) is 0.658. The lowest BCUT2D eigenvalue weighted by molar-refractivity contribution is -0.0479. The molecule has 0 amide bonds. The van der Waals surface area contributed by atoms with Crippen LogP contribution in [0.2, 0.25) is 0 Å². The molecular formula is C10H13FN2O4S. The third kappa shape index (κ3) is 2.12. The number of halogens is 1. The van der Waals surface area contributed by atoms with Gasteiger partial charge in [-0.2, -0.15) is 0 Å². The van der Waals surface area contributed by atoms with Crippen molar-refractivity contribution in [3.63, 3.8) is 0 Å². The van der Waals surface area contributed by atoms with E-state index < -0.39 is 35.9 Å². The molecule has 1 aromatic rings. The van der Waals surface area contributed by atoms with Crippen molar-refractivity contribution in [1.82, 2.24) is 9.55 Å². The summed E-state index contributed by atoms with van der Waals surface area (Å²) in [6.45, 7) is 1.28. The van der Waals surface area contributed by atoms with Crippen LogP contribution in [0.1, 0.15) is 13.2 Å². The van der Waals surface area contributed by atoms with Crippen LogP contribution in [0.5, 0.6) is 0 Å². The number of aromatic amines is 1. The topological polar surface area (TPSA) is 87.5 Å². The van der Waals surface area contributed by atoms with Gasteiger partial charge in [0.2, 0.25) is 0 Å². The Morgan fingerprint density at radius 2 is 2.33 bits per heavy atom. The van der Waals surface area contributed by atoms with Crippen molar-refractivity contribution in [2.45, 2.75) is 25.4 Å². The molecule has 1 aromatic heterocycles. The Bertz CT molecular complexity index is 558. The highest BCUT2D eigenvalue weighted by molar-refractivity contribution is 7.71. The van der Waals surface area contributed by atoms with Gasteiger partial charge in [0.15, 0.2) is 5.82 Å². The van der Waals surface area contributed by atoms with Crippen molar-refractivity contribution in [3.8, 4) is 0 Å². The lowest BCUT2D eigenvalue weighted by Crippen LogP contribution is -2.31. The van der Waals surface area contributed by atoms with E-state index in [9.17, 15) is 14.3 Å². The smallest absolute Gasteiger partial charge is 0.328 e. The Balaban J connectivity index is 2.42. The molecule has 0 spiro atoms. The zero-order chi connectivity index (χ0) is 13.4. The summed E-state index contributed by atoms with van der Waals surface area (Å²) in [4.78, 5) is 13.9. The highest BCUT2D eigenvalue weighted by Crippen LogP contribution is 2.33. The van der Waals surface area contributed by atoms with E-state index in [4.69, 9.17) is 9.84 Å². The number of aromatic nitrogens is 2. The van der Waals surface area contributed by atoms with Gasteiger partial charge in [0.05, 0.1) is 18.9 Å². The fourth-order valence-corrected chi connectivity index (χ4v) is 2.15. The van der Waals surface area contributed by atoms with Gasteiger partial charge < -0.3 is 14.9 Å². The molecule has 8 heteroatoms. The molecule has 3 N–H and O–H groups in total. The summed E-state index contributed by atoms with van der Waals surface area (Å²) < 4.78 is 19.4. The van der Waals surface area contributed by atoms with E-state index in [2.05, 4.69) is 17.2 Å². The van der Waals surface area contributed by atoms with E-state index in [-0.39, 0.29) is 11.2 Å². The Morgan fingerprint density at radius 3 is 2.89 bits per heavy atom. The zero-order valence-electron chi connectivity index (χ0n) is 9.54. The standard InChI is InChI=1S/C10H13FN2O4S/c1-4-7(15)6(3-14)17-9(4)13-2-5(11)8(18)12-10(13)16/h2,4,6-7,9,14-15H,3H2,1H3,(H,12,16,18)/t4?,6-,7-,9-/m1/s1. The average molecular weight is 276 g/mol. The highest BCUT2D eigenvalue weighted by atomic mass is 32.1. The first-order valence-electron chi connectivity index (χ1n) is 5.41. The van der Waals surface area contributed by atoms with Crippen molar-refractivity contribution in [1.29, 1.82) is 0 Å². The van der Waals surface area contributed by atoms with Crippen molar-refractivity contribution in [2.24, 2.45) is 5.92 Å². The van der Waals surface area contributed by atoms with E-state index in [0.29, 0.717) is 0 Å². The zero-order valence-corrected chi connectivity index (χ0v) is 10.4. The van der Waals surface area contributed by atoms with Crippen LogP contribution in [0.15, 0.2) is 11.0 Å². The summed E-state index contributed by atoms with van der Waals surface area (Å²) >= 11 is 4.60. The Hall–Kier alpha value is -1.09. The van der Waals surface area contributed by atoms with Crippen LogP contribution in [0, 0.1) is 16.4 Å². The lowest BCUT2D eigenvalue weighted by atomic mass is 10.0. The van der Waals surface area contributed by atoms with Crippen LogP contribution < -0.4 is 5.69 Å². The molecule has 1 fully saturated rings. The monoisotopic (exact) mass is 276 g/mol. The molecule has 4 atom stereocenters. The molecule has 1 aliphatic heterocycles. The molecule has 1 unspecified atom stereocenters. The number of hydrogen-bond donors (Lipinski definition) is 3. The van der Waals surface area contributed by atoms with Gasteiger partial charge in [-0.1, -0.05) is 19.1 Å². The minimum atomic E-state index is -0.918. The SMILES string of the molecule is CC1[C@@H](O)[C@@H](CO)O[C@H]1n1cc(F)c(=S)[nH]c1=O. The first kappa shape index (κ1) is 13.3. The molecule has 0 bridgehead atoms. The maximum absolute atomic E-state index is 13.4. The summed E-state index contributed by atoms with van der Waals surface area (Å²) in [7, 11) is 0. The van der Waals surface area contributed by atoms with Crippen LogP contribution in [-0.4, -0.2) is 38.6 Å². The fraction of sp³-hybridized carbons (Fsp3) is 0.600. The van der Waals surface area contributed by atoms with Crippen molar-refractivity contribution in [3.05, 3.63) is 27.1 Å². The average Bonchev–Trinajstić information content (AvgIpc) is 2.61. The first-order valence-corrected chi connectivity index (χ1v) is 5.82. The maximum Gasteiger partial charge on any atom is 0.328 e. The van der Waals surface area contributed by atoms with Gasteiger partial charge in [-0.15, -0.1) is 0 Å². The summed E-state index contributed by atoms with van der Waals surface area (Å²) in [6.07, 6.45) is -1.61. The molecule has 1 saturated heterocycles. The van der Waals surface area contributed by atoms with Crippen molar-refractivity contribution in [2.75, 3.05) is 6.61 Å². The van der Waals surface area contributed by atoms with Gasteiger partial charge in [-0.25, -0.2) is 9.18 Å². The van der Waals surface area contributed by atoms with Crippen molar-refractivity contribution < 1.29 is 19.3 Å². The van der Waals surface area contributed by atoms with Gasteiger partial charge in [0, 0.05) is 5.92 Å². The van der Waals surface area contributed by atoms with E-state index in [0.717, 1.165) is 10.8 Å². The number of nitrogens with zero attached hydrogens (tertiary/aromatic N) is 1. The second kappa shape index (κ2) is 4.88. The van der Waals surface area contributed by atoms with E-state index in [1.807, 2.05) is 0 Å². The van der Waals surface area contributed by atoms with Crippen LogP contribution in [0.3, 0.4) is 0 Å². The molecular weight excluding hydrogens is 263 g/mol. The lowest BCUT2D eigenvalue weighted by Gasteiger charge is -2.17. The molecule has 1 aliphatic rings. The molecule has 0 radical (unpaired) electrons. The van der Waals surface area contributed by atoms with E-state index in [1.165, 1.54) is 0 Å². The number of aliphatic hydroxyl groups is 2. The number of H-pyrrole nitrogens is 1. The Morgan fingerprint density at radius 1 is 1.67 bits per heavy atom. The van der Waals surface area contributed by atoms with Crippen LogP contribution >= 0.6 is 12.2 Å².